The van der Waals surface area contributed by atoms with Crippen LogP contribution in [0.2, 0.25) is 5.02 Å². The number of aryl methyl sites for hydroxylation is 1. The SMILES string of the molecule is CN(C)c1ccc(N)c([N+](=O)[O-])c1.Cc1nc(C(F)(F)F)ccc1C(=O)Nc1ccc(Cl)c(-c2nc3ccc(N(C)C)cc3[nH]2)c1. The number of aromatic amines is 1. The number of nitrogens with one attached hydrogen (secondary N) is 2. The number of nitrogens with two attached hydrogens (primary N) is 1. The summed E-state index contributed by atoms with van der Waals surface area (Å²) >= 11 is 6.38. The molecule has 0 aliphatic rings. The number of amides is 1. The van der Waals surface area contributed by atoms with E-state index in [-0.39, 0.29) is 22.6 Å². The lowest BCUT2D eigenvalue weighted by molar-refractivity contribution is -0.383. The second-order valence-corrected chi connectivity index (χ2v) is 11.0. The molecule has 0 spiro atoms. The zero-order valence-electron chi connectivity index (χ0n) is 25.4. The van der Waals surface area contributed by atoms with Crippen LogP contribution in [0.4, 0.5) is 41.6 Å². The van der Waals surface area contributed by atoms with Gasteiger partial charge in [0.25, 0.3) is 11.6 Å². The van der Waals surface area contributed by atoms with Crippen molar-refractivity contribution in [1.82, 2.24) is 15.0 Å². The van der Waals surface area contributed by atoms with Gasteiger partial charge in [-0.25, -0.2) is 9.97 Å². The van der Waals surface area contributed by atoms with Crippen LogP contribution in [-0.2, 0) is 6.18 Å². The molecule has 0 saturated heterocycles. The van der Waals surface area contributed by atoms with Crippen molar-refractivity contribution in [2.75, 3.05) is 49.0 Å². The van der Waals surface area contributed by atoms with E-state index in [0.717, 1.165) is 34.5 Å². The lowest BCUT2D eigenvalue weighted by Gasteiger charge is -2.11. The summed E-state index contributed by atoms with van der Waals surface area (Å²) in [6.07, 6.45) is -4.58. The number of nitro groups is 1. The average molecular weight is 655 g/mol. The number of nitrogen functional groups attached to an aromatic ring is 1. The molecular formula is C31H30ClF3N8O3. The van der Waals surface area contributed by atoms with Gasteiger partial charge in [0.1, 0.15) is 17.2 Å². The molecule has 0 fully saturated rings. The van der Waals surface area contributed by atoms with Crippen molar-refractivity contribution >= 4 is 57.0 Å². The first-order valence-corrected chi connectivity index (χ1v) is 14.0. The van der Waals surface area contributed by atoms with Gasteiger partial charge in [0, 0.05) is 56.9 Å². The highest BCUT2D eigenvalue weighted by atomic mass is 35.5. The Morgan fingerprint density at radius 2 is 1.61 bits per heavy atom. The Morgan fingerprint density at radius 1 is 0.957 bits per heavy atom. The normalized spacial score (nSPS) is 11.1. The van der Waals surface area contributed by atoms with Gasteiger partial charge >= 0.3 is 6.18 Å². The summed E-state index contributed by atoms with van der Waals surface area (Å²) in [5, 5.41) is 13.6. The monoisotopic (exact) mass is 654 g/mol. The number of hydrogen-bond acceptors (Lipinski definition) is 8. The number of pyridine rings is 1. The van der Waals surface area contributed by atoms with E-state index in [1.807, 2.05) is 51.3 Å². The maximum Gasteiger partial charge on any atom is 0.433 e. The Hall–Kier alpha value is -5.37. The molecule has 11 nitrogen and oxygen atoms in total. The fraction of sp³-hybridized carbons (Fsp3) is 0.194. The summed E-state index contributed by atoms with van der Waals surface area (Å²) in [5.74, 6) is -0.0587. The summed E-state index contributed by atoms with van der Waals surface area (Å²) in [6, 6.07) is 17.3. The standard InChI is InChI=1S/C23H19ClF3N5O.C8H11N3O2/c1-12-15(6-9-20(28-12)23(25,26)27)22(33)29-13-4-7-17(24)16(10-13)21-30-18-8-5-14(32(2)3)11-19(18)31-21;1-10(2)6-3-4-7(9)8(5-6)11(12)13/h4-11H,1-3H3,(H,29,33)(H,30,31);3-5H,9H2,1-2H3. The molecule has 0 aliphatic heterocycles. The third-order valence-corrected chi connectivity index (χ3v) is 7.14. The van der Waals surface area contributed by atoms with Gasteiger partial charge in [-0.1, -0.05) is 11.6 Å². The zero-order valence-corrected chi connectivity index (χ0v) is 26.2. The van der Waals surface area contributed by atoms with Gasteiger partial charge in [-0.2, -0.15) is 13.2 Å². The van der Waals surface area contributed by atoms with Crippen molar-refractivity contribution in [3.8, 4) is 11.4 Å². The number of nitro benzene ring substituents is 1. The molecule has 1 amide bonds. The van der Waals surface area contributed by atoms with Gasteiger partial charge in [0.05, 0.1) is 32.2 Å². The minimum atomic E-state index is -4.58. The lowest BCUT2D eigenvalue weighted by Crippen LogP contribution is -2.16. The highest BCUT2D eigenvalue weighted by molar-refractivity contribution is 6.33. The molecular weight excluding hydrogens is 625 g/mol. The number of hydrogen-bond donors (Lipinski definition) is 3. The third-order valence-electron chi connectivity index (χ3n) is 6.81. The van der Waals surface area contributed by atoms with Crippen LogP contribution in [0.5, 0.6) is 0 Å². The van der Waals surface area contributed by atoms with Crippen LogP contribution >= 0.6 is 11.6 Å². The first-order chi connectivity index (χ1) is 21.5. The van der Waals surface area contributed by atoms with E-state index in [1.165, 1.54) is 19.1 Å². The maximum absolute atomic E-state index is 12.8. The number of H-pyrrole nitrogens is 1. The Balaban J connectivity index is 0.000000310. The van der Waals surface area contributed by atoms with Crippen molar-refractivity contribution in [1.29, 1.82) is 0 Å². The lowest BCUT2D eigenvalue weighted by atomic mass is 10.1. The van der Waals surface area contributed by atoms with Gasteiger partial charge in [-0.05, 0) is 67.6 Å². The number of fused-ring (bicyclic) bond motifs is 1. The van der Waals surface area contributed by atoms with Crippen molar-refractivity contribution in [3.63, 3.8) is 0 Å². The quantitative estimate of drug-likeness (QED) is 0.0992. The number of carbonyl (C=O) groups excluding carboxylic acids is 1. The van der Waals surface area contributed by atoms with Crippen molar-refractivity contribution in [3.05, 3.63) is 98.8 Å². The number of alkyl halides is 3. The van der Waals surface area contributed by atoms with Crippen molar-refractivity contribution in [2.24, 2.45) is 0 Å². The first-order valence-electron chi connectivity index (χ1n) is 13.6. The largest absolute Gasteiger partial charge is 0.433 e. The number of imidazole rings is 1. The first kappa shape index (κ1) is 33.5. The molecule has 46 heavy (non-hydrogen) atoms. The fourth-order valence-electron chi connectivity index (χ4n) is 4.31. The second kappa shape index (κ2) is 13.3. The van der Waals surface area contributed by atoms with E-state index >= 15 is 0 Å². The summed E-state index contributed by atoms with van der Waals surface area (Å²) < 4.78 is 38.5. The van der Waals surface area contributed by atoms with Gasteiger partial charge < -0.3 is 25.8 Å². The predicted octanol–water partition coefficient (Wildman–Crippen LogP) is 7.17. The number of aromatic nitrogens is 3. The van der Waals surface area contributed by atoms with E-state index in [0.29, 0.717) is 22.1 Å². The summed E-state index contributed by atoms with van der Waals surface area (Å²) in [7, 11) is 7.51. The topological polar surface area (TPSA) is 146 Å². The van der Waals surface area contributed by atoms with E-state index in [9.17, 15) is 28.1 Å². The molecule has 0 bridgehead atoms. The summed E-state index contributed by atoms with van der Waals surface area (Å²) in [6.45, 7) is 1.35. The second-order valence-electron chi connectivity index (χ2n) is 10.6. The average Bonchev–Trinajstić information content (AvgIpc) is 3.41. The number of halogens is 4. The highest BCUT2D eigenvalue weighted by Crippen LogP contribution is 2.32. The molecule has 5 rings (SSSR count). The van der Waals surface area contributed by atoms with Crippen LogP contribution < -0.4 is 20.9 Å². The van der Waals surface area contributed by atoms with Crippen molar-refractivity contribution in [2.45, 2.75) is 13.1 Å². The highest BCUT2D eigenvalue weighted by Gasteiger charge is 2.33. The van der Waals surface area contributed by atoms with Crippen LogP contribution in [0, 0.1) is 17.0 Å². The Labute approximate surface area is 267 Å². The molecule has 2 aromatic heterocycles. The summed E-state index contributed by atoms with van der Waals surface area (Å²) in [4.78, 5) is 37.8. The number of carbonyl (C=O) groups is 1. The third kappa shape index (κ3) is 7.64. The Morgan fingerprint density at radius 3 is 2.22 bits per heavy atom. The number of anilines is 4. The van der Waals surface area contributed by atoms with Gasteiger partial charge in [0.2, 0.25) is 0 Å². The molecule has 3 aromatic carbocycles. The number of benzene rings is 3. The van der Waals surface area contributed by atoms with E-state index in [1.54, 1.807) is 29.2 Å². The van der Waals surface area contributed by atoms with E-state index in [4.69, 9.17) is 17.3 Å². The minimum Gasteiger partial charge on any atom is -0.393 e. The van der Waals surface area contributed by atoms with Crippen LogP contribution in [0.1, 0.15) is 21.7 Å². The Bertz CT molecular complexity index is 1930. The van der Waals surface area contributed by atoms with Crippen molar-refractivity contribution < 1.29 is 22.9 Å². The molecule has 240 valence electrons. The predicted molar refractivity (Wildman–Crippen MR) is 175 cm³/mol. The van der Waals surface area contributed by atoms with Crippen LogP contribution in [0.15, 0.2) is 66.7 Å². The molecule has 4 N–H and O–H groups in total. The number of rotatable bonds is 6. The van der Waals surface area contributed by atoms with Crippen LogP contribution in [0.3, 0.4) is 0 Å². The molecule has 0 radical (unpaired) electrons. The van der Waals surface area contributed by atoms with E-state index < -0.39 is 22.7 Å². The molecule has 0 unspecified atom stereocenters. The number of nitrogens with zero attached hydrogens (tertiary/aromatic N) is 5. The van der Waals surface area contributed by atoms with Gasteiger partial charge in [0.15, 0.2) is 0 Å². The van der Waals surface area contributed by atoms with Gasteiger partial charge in [-0.15, -0.1) is 0 Å². The molecule has 2 heterocycles. The fourth-order valence-corrected chi connectivity index (χ4v) is 4.52. The van der Waals surface area contributed by atoms with Crippen LogP contribution in [0.25, 0.3) is 22.4 Å². The molecule has 0 saturated carbocycles. The van der Waals surface area contributed by atoms with Crippen LogP contribution in [-0.4, -0.2) is 54.0 Å². The molecule has 15 heteroatoms. The smallest absolute Gasteiger partial charge is 0.393 e. The molecule has 0 atom stereocenters. The maximum atomic E-state index is 12.8. The van der Waals surface area contributed by atoms with E-state index in [2.05, 4.69) is 20.3 Å². The Kier molecular flexibility index (Phi) is 9.71. The molecule has 5 aromatic rings. The molecule has 0 aliphatic carbocycles. The zero-order chi connectivity index (χ0) is 33.9. The van der Waals surface area contributed by atoms with Gasteiger partial charge in [-0.3, -0.25) is 14.9 Å². The minimum absolute atomic E-state index is 0.0227. The summed E-state index contributed by atoms with van der Waals surface area (Å²) in [5.41, 5.74) is 8.87.